The molecular weight excluding hydrogens is 413 g/mol. The van der Waals surface area contributed by atoms with Gasteiger partial charge in [0.05, 0.1) is 10.0 Å². The maximum absolute atomic E-state index is 13.2. The molecule has 28 heavy (non-hydrogen) atoms. The molecule has 1 heterocycles. The Bertz CT molecular complexity index is 1090. The molecule has 3 rings (SSSR count). The second-order valence-electron chi connectivity index (χ2n) is 5.70. The number of amides is 2. The molecule has 1 aromatic heterocycles. The van der Waals surface area contributed by atoms with E-state index in [1.807, 2.05) is 0 Å². The number of aromatic nitrogens is 2. The molecule has 0 saturated carbocycles. The summed E-state index contributed by atoms with van der Waals surface area (Å²) in [5.41, 5.74) is 0.603. The molecule has 0 unspecified atom stereocenters. The first-order chi connectivity index (χ1) is 13.2. The Morgan fingerprint density at radius 2 is 1.39 bits per heavy atom. The van der Waals surface area contributed by atoms with Gasteiger partial charge in [0.1, 0.15) is 17.3 Å². The number of aryl methyl sites for hydroxylation is 1. The van der Waals surface area contributed by atoms with Gasteiger partial charge in [0, 0.05) is 24.5 Å². The van der Waals surface area contributed by atoms with Gasteiger partial charge in [-0.15, -0.1) is 0 Å². The summed E-state index contributed by atoms with van der Waals surface area (Å²) in [4.78, 5) is 24.7. The minimum Gasteiger partial charge on any atom is -0.321 e. The van der Waals surface area contributed by atoms with Gasteiger partial charge in [-0.25, -0.2) is 8.78 Å². The molecule has 0 spiro atoms. The van der Waals surface area contributed by atoms with Crippen molar-refractivity contribution < 1.29 is 18.4 Å². The molecule has 0 fully saturated rings. The van der Waals surface area contributed by atoms with Crippen molar-refractivity contribution in [2.24, 2.45) is 7.05 Å². The fraction of sp³-hybridized carbons (Fsp3) is 0.0556. The third-order valence-corrected chi connectivity index (χ3v) is 4.28. The van der Waals surface area contributed by atoms with Gasteiger partial charge in [-0.2, -0.15) is 5.10 Å². The predicted molar refractivity (Wildman–Crippen MR) is 102 cm³/mol. The van der Waals surface area contributed by atoms with Crippen LogP contribution in [0, 0.1) is 11.6 Å². The standard InChI is InChI=1S/C18H12Cl2F2N4O2/c1-26-16(18(28)24-10-3-5-14(22)12(20)7-10)8-15(25-26)17(27)23-9-2-4-13(21)11(19)6-9/h2-8H,1H3,(H,23,27)(H,24,28). The number of rotatable bonds is 4. The molecule has 0 radical (unpaired) electrons. The van der Waals surface area contributed by atoms with E-state index in [4.69, 9.17) is 23.2 Å². The molecule has 2 aromatic carbocycles. The van der Waals surface area contributed by atoms with E-state index < -0.39 is 23.4 Å². The number of nitrogens with zero attached hydrogens (tertiary/aromatic N) is 2. The minimum absolute atomic E-state index is 0.0368. The summed E-state index contributed by atoms with van der Waals surface area (Å²) < 4.78 is 27.6. The maximum Gasteiger partial charge on any atom is 0.276 e. The number of hydrogen-bond acceptors (Lipinski definition) is 3. The number of anilines is 2. The van der Waals surface area contributed by atoms with E-state index in [9.17, 15) is 18.4 Å². The maximum atomic E-state index is 13.2. The molecule has 0 aliphatic rings. The Hall–Kier alpha value is -2.97. The summed E-state index contributed by atoms with van der Waals surface area (Å²) in [6.07, 6.45) is 0. The number of halogens is 4. The van der Waals surface area contributed by atoms with Crippen LogP contribution in [0.25, 0.3) is 0 Å². The van der Waals surface area contributed by atoms with Gasteiger partial charge in [0.25, 0.3) is 11.8 Å². The Kier molecular flexibility index (Phi) is 5.62. The lowest BCUT2D eigenvalue weighted by Crippen LogP contribution is -2.16. The van der Waals surface area contributed by atoms with Crippen LogP contribution in [-0.2, 0) is 7.05 Å². The van der Waals surface area contributed by atoms with E-state index in [1.54, 1.807) is 0 Å². The molecule has 0 saturated heterocycles. The highest BCUT2D eigenvalue weighted by Gasteiger charge is 2.18. The van der Waals surface area contributed by atoms with Gasteiger partial charge in [-0.1, -0.05) is 23.2 Å². The van der Waals surface area contributed by atoms with Crippen LogP contribution in [0.3, 0.4) is 0 Å². The monoisotopic (exact) mass is 424 g/mol. The Labute approximate surface area is 168 Å². The van der Waals surface area contributed by atoms with Gasteiger partial charge < -0.3 is 10.6 Å². The lowest BCUT2D eigenvalue weighted by molar-refractivity contribution is 0.101. The van der Waals surface area contributed by atoms with Crippen molar-refractivity contribution in [2.75, 3.05) is 10.6 Å². The van der Waals surface area contributed by atoms with Gasteiger partial charge in [0.15, 0.2) is 5.69 Å². The average molecular weight is 425 g/mol. The lowest BCUT2D eigenvalue weighted by Gasteiger charge is -2.05. The van der Waals surface area contributed by atoms with Crippen LogP contribution in [0.4, 0.5) is 20.2 Å². The molecule has 2 amide bonds. The summed E-state index contributed by atoms with van der Waals surface area (Å²) in [5, 5.41) is 8.77. The summed E-state index contributed by atoms with van der Waals surface area (Å²) >= 11 is 11.4. The van der Waals surface area contributed by atoms with Crippen LogP contribution in [-0.4, -0.2) is 21.6 Å². The molecule has 2 N–H and O–H groups in total. The average Bonchev–Trinajstić information content (AvgIpc) is 3.03. The van der Waals surface area contributed by atoms with Crippen molar-refractivity contribution in [1.29, 1.82) is 0 Å². The lowest BCUT2D eigenvalue weighted by atomic mass is 10.2. The van der Waals surface area contributed by atoms with Crippen LogP contribution in [0.2, 0.25) is 10.0 Å². The van der Waals surface area contributed by atoms with E-state index in [0.29, 0.717) is 0 Å². The zero-order valence-corrected chi connectivity index (χ0v) is 15.8. The smallest absolute Gasteiger partial charge is 0.276 e. The zero-order valence-electron chi connectivity index (χ0n) is 14.3. The molecule has 3 aromatic rings. The van der Waals surface area contributed by atoms with Crippen molar-refractivity contribution in [2.45, 2.75) is 0 Å². The van der Waals surface area contributed by atoms with E-state index in [2.05, 4.69) is 15.7 Å². The van der Waals surface area contributed by atoms with Crippen molar-refractivity contribution in [3.05, 3.63) is 75.5 Å². The van der Waals surface area contributed by atoms with Crippen LogP contribution < -0.4 is 10.6 Å². The fourth-order valence-corrected chi connectivity index (χ4v) is 2.69. The highest BCUT2D eigenvalue weighted by atomic mass is 35.5. The number of nitrogens with one attached hydrogen (secondary N) is 2. The fourth-order valence-electron chi connectivity index (χ4n) is 2.33. The van der Waals surface area contributed by atoms with Crippen molar-refractivity contribution in [3.63, 3.8) is 0 Å². The first-order valence-corrected chi connectivity index (χ1v) is 8.57. The van der Waals surface area contributed by atoms with Crippen LogP contribution in [0.5, 0.6) is 0 Å². The predicted octanol–water partition coefficient (Wildman–Crippen LogP) is 4.51. The number of carbonyl (C=O) groups is 2. The SMILES string of the molecule is Cn1nc(C(=O)Nc2ccc(F)c(Cl)c2)cc1C(=O)Nc1ccc(F)c(Cl)c1. The molecule has 144 valence electrons. The molecule has 0 bridgehead atoms. The molecule has 0 aliphatic heterocycles. The topological polar surface area (TPSA) is 76.0 Å². The first kappa shape index (κ1) is 19.8. The van der Waals surface area contributed by atoms with Crippen molar-refractivity contribution >= 4 is 46.4 Å². The zero-order chi connectivity index (χ0) is 20.4. The third-order valence-electron chi connectivity index (χ3n) is 3.70. The van der Waals surface area contributed by atoms with Crippen molar-refractivity contribution in [1.82, 2.24) is 9.78 Å². The molecule has 0 aliphatic carbocycles. The Morgan fingerprint density at radius 1 is 0.893 bits per heavy atom. The highest BCUT2D eigenvalue weighted by Crippen LogP contribution is 2.21. The van der Waals surface area contributed by atoms with Gasteiger partial charge >= 0.3 is 0 Å². The quantitative estimate of drug-likeness (QED) is 0.646. The second-order valence-corrected chi connectivity index (χ2v) is 6.52. The summed E-state index contributed by atoms with van der Waals surface area (Å²) in [6, 6.07) is 8.72. The van der Waals surface area contributed by atoms with Gasteiger partial charge in [0.2, 0.25) is 0 Å². The van der Waals surface area contributed by atoms with E-state index in [-0.39, 0.29) is 32.8 Å². The summed E-state index contributed by atoms with van der Waals surface area (Å²) in [7, 11) is 1.48. The minimum atomic E-state index is -0.614. The summed E-state index contributed by atoms with van der Waals surface area (Å²) in [5.74, 6) is -2.40. The van der Waals surface area contributed by atoms with E-state index in [0.717, 1.165) is 12.1 Å². The highest BCUT2D eigenvalue weighted by molar-refractivity contribution is 6.31. The number of carbonyl (C=O) groups excluding carboxylic acids is 2. The molecular formula is C18H12Cl2F2N4O2. The summed E-state index contributed by atoms with van der Waals surface area (Å²) in [6.45, 7) is 0. The van der Waals surface area contributed by atoms with Gasteiger partial charge in [-0.05, 0) is 36.4 Å². The molecule has 6 nitrogen and oxygen atoms in total. The van der Waals surface area contributed by atoms with E-state index in [1.165, 1.54) is 42.1 Å². The first-order valence-electron chi connectivity index (χ1n) is 7.81. The van der Waals surface area contributed by atoms with Gasteiger partial charge in [-0.3, -0.25) is 14.3 Å². The van der Waals surface area contributed by atoms with Crippen LogP contribution >= 0.6 is 23.2 Å². The van der Waals surface area contributed by atoms with Crippen molar-refractivity contribution in [3.8, 4) is 0 Å². The molecule has 0 atom stereocenters. The Morgan fingerprint density at radius 3 is 1.89 bits per heavy atom. The Balaban J connectivity index is 1.75. The third kappa shape index (κ3) is 4.29. The van der Waals surface area contributed by atoms with Crippen LogP contribution in [0.15, 0.2) is 42.5 Å². The normalized spacial score (nSPS) is 10.6. The number of hydrogen-bond donors (Lipinski definition) is 2. The second kappa shape index (κ2) is 7.95. The largest absolute Gasteiger partial charge is 0.321 e. The molecule has 10 heteroatoms. The van der Waals surface area contributed by atoms with E-state index >= 15 is 0 Å². The van der Waals surface area contributed by atoms with Crippen LogP contribution in [0.1, 0.15) is 21.0 Å². The number of benzene rings is 2.